The van der Waals surface area contributed by atoms with Crippen LogP contribution in [0.5, 0.6) is 0 Å². The van der Waals surface area contributed by atoms with Gasteiger partial charge in [0.05, 0.1) is 22.4 Å². The van der Waals surface area contributed by atoms with Crippen LogP contribution in [0.3, 0.4) is 0 Å². The van der Waals surface area contributed by atoms with Gasteiger partial charge in [0.25, 0.3) is 0 Å². The summed E-state index contributed by atoms with van der Waals surface area (Å²) in [4.78, 5) is 0.152. The van der Waals surface area contributed by atoms with Crippen molar-refractivity contribution in [1.82, 2.24) is 4.72 Å². The lowest BCUT2D eigenvalue weighted by atomic mass is 10.1. The highest BCUT2D eigenvalue weighted by Crippen LogP contribution is 2.27. The Labute approximate surface area is 119 Å². The van der Waals surface area contributed by atoms with Crippen molar-refractivity contribution in [3.63, 3.8) is 0 Å². The van der Waals surface area contributed by atoms with Gasteiger partial charge in [-0.1, -0.05) is 0 Å². The molecule has 0 bridgehead atoms. The molecule has 20 heavy (non-hydrogen) atoms. The maximum absolute atomic E-state index is 11.7. The van der Waals surface area contributed by atoms with Crippen molar-refractivity contribution < 1.29 is 13.5 Å². The van der Waals surface area contributed by atoms with E-state index >= 15 is 0 Å². The molecule has 0 aliphatic heterocycles. The molecule has 1 aromatic carbocycles. The van der Waals surface area contributed by atoms with E-state index in [4.69, 9.17) is 5.73 Å². The summed E-state index contributed by atoms with van der Waals surface area (Å²) in [6.45, 7) is 0.736. The van der Waals surface area contributed by atoms with E-state index in [0.29, 0.717) is 11.6 Å². The maximum Gasteiger partial charge on any atom is 0.240 e. The van der Waals surface area contributed by atoms with Crippen LogP contribution in [0.25, 0.3) is 0 Å². The van der Waals surface area contributed by atoms with Crippen LogP contribution in [0, 0.1) is 5.92 Å². The lowest BCUT2D eigenvalue weighted by molar-refractivity contribution is 0.178. The number of nitrogens with one attached hydrogen (secondary N) is 2. The number of nitrogen functional groups attached to an aromatic ring is 1. The van der Waals surface area contributed by atoms with Crippen LogP contribution in [-0.2, 0) is 10.0 Å². The Hall–Kier alpha value is -1.31. The predicted octanol–water partition coefficient (Wildman–Crippen LogP) is 0.750. The fourth-order valence-electron chi connectivity index (χ4n) is 2.48. The van der Waals surface area contributed by atoms with Crippen molar-refractivity contribution in [1.29, 1.82) is 0 Å². The molecule has 0 amide bonds. The number of aliphatic hydroxyl groups is 1. The van der Waals surface area contributed by atoms with Crippen LogP contribution in [0.1, 0.15) is 19.3 Å². The lowest BCUT2D eigenvalue weighted by Gasteiger charge is -2.14. The van der Waals surface area contributed by atoms with Gasteiger partial charge >= 0.3 is 0 Å². The molecule has 6 nitrogen and oxygen atoms in total. The topological polar surface area (TPSA) is 104 Å². The molecule has 7 heteroatoms. The zero-order valence-corrected chi connectivity index (χ0v) is 12.3. The number of sulfonamides is 1. The molecule has 2 atom stereocenters. The highest BCUT2D eigenvalue weighted by atomic mass is 32.2. The van der Waals surface area contributed by atoms with Gasteiger partial charge < -0.3 is 16.2 Å². The van der Waals surface area contributed by atoms with Crippen LogP contribution >= 0.6 is 0 Å². The van der Waals surface area contributed by atoms with Crippen molar-refractivity contribution in [2.75, 3.05) is 24.6 Å². The van der Waals surface area contributed by atoms with Crippen LogP contribution in [-0.4, -0.2) is 33.2 Å². The van der Waals surface area contributed by atoms with Gasteiger partial charge in [0.1, 0.15) is 0 Å². The molecule has 2 rings (SSSR count). The zero-order valence-electron chi connectivity index (χ0n) is 11.5. The monoisotopic (exact) mass is 299 g/mol. The van der Waals surface area contributed by atoms with Crippen LogP contribution in [0.15, 0.2) is 23.1 Å². The summed E-state index contributed by atoms with van der Waals surface area (Å²) in [5.74, 6) is 0.435. The van der Waals surface area contributed by atoms with Gasteiger partial charge in [0.2, 0.25) is 10.0 Å². The molecule has 0 spiro atoms. The zero-order chi connectivity index (χ0) is 14.8. The Morgan fingerprint density at radius 1 is 1.40 bits per heavy atom. The normalized spacial score (nSPS) is 22.9. The second kappa shape index (κ2) is 5.99. The number of anilines is 2. The van der Waals surface area contributed by atoms with Gasteiger partial charge in [-0.2, -0.15) is 0 Å². The van der Waals surface area contributed by atoms with Crippen molar-refractivity contribution in [3.05, 3.63) is 18.2 Å². The van der Waals surface area contributed by atoms with Crippen molar-refractivity contribution >= 4 is 21.4 Å². The summed E-state index contributed by atoms with van der Waals surface area (Å²) in [5.41, 5.74) is 7.01. The molecule has 112 valence electrons. The summed E-state index contributed by atoms with van der Waals surface area (Å²) in [7, 11) is -2.10. The summed E-state index contributed by atoms with van der Waals surface area (Å²) in [6.07, 6.45) is 2.46. The largest absolute Gasteiger partial charge is 0.397 e. The first-order valence-corrected chi connectivity index (χ1v) is 8.15. The maximum atomic E-state index is 11.7. The summed E-state index contributed by atoms with van der Waals surface area (Å²) < 4.78 is 25.6. The number of nitrogens with two attached hydrogens (primary N) is 1. The Morgan fingerprint density at radius 2 is 2.15 bits per heavy atom. The molecular formula is C13H21N3O3S. The Balaban J connectivity index is 2.03. The third-order valence-electron chi connectivity index (χ3n) is 3.70. The third kappa shape index (κ3) is 3.41. The third-order valence-corrected chi connectivity index (χ3v) is 5.11. The molecule has 2 unspecified atom stereocenters. The number of hydrogen-bond donors (Lipinski definition) is 4. The molecule has 5 N–H and O–H groups in total. The van der Waals surface area contributed by atoms with Crippen molar-refractivity contribution in [2.45, 2.75) is 30.3 Å². The standard InChI is InChI=1S/C13H21N3O3S/c1-15-20(18,19)11-4-5-13(12(14)7-11)16-8-9-2-3-10(17)6-9/h4-5,7,9-10,15-17H,2-3,6,8,14H2,1H3. The van der Waals surface area contributed by atoms with E-state index in [2.05, 4.69) is 10.0 Å². The average molecular weight is 299 g/mol. The van der Waals surface area contributed by atoms with Gasteiger partial charge in [-0.3, -0.25) is 0 Å². The van der Waals surface area contributed by atoms with Gasteiger partial charge in [0, 0.05) is 6.54 Å². The number of rotatable bonds is 5. The predicted molar refractivity (Wildman–Crippen MR) is 78.9 cm³/mol. The smallest absolute Gasteiger partial charge is 0.240 e. The summed E-state index contributed by atoms with van der Waals surface area (Å²) in [6, 6.07) is 4.64. The molecule has 0 aromatic heterocycles. The summed E-state index contributed by atoms with van der Waals surface area (Å²) in [5, 5.41) is 12.7. The second-order valence-electron chi connectivity index (χ2n) is 5.17. The van der Waals surface area contributed by atoms with Gasteiger partial charge in [-0.25, -0.2) is 13.1 Å². The van der Waals surface area contributed by atoms with E-state index < -0.39 is 10.0 Å². The van der Waals surface area contributed by atoms with Crippen LogP contribution in [0.2, 0.25) is 0 Å². The Morgan fingerprint density at radius 3 is 2.70 bits per heavy atom. The Bertz CT molecular complexity index is 574. The molecule has 0 saturated heterocycles. The first-order valence-electron chi connectivity index (χ1n) is 6.67. The molecule has 1 fully saturated rings. The quantitative estimate of drug-likeness (QED) is 0.601. The molecular weight excluding hydrogens is 278 g/mol. The first-order chi connectivity index (χ1) is 9.42. The minimum Gasteiger partial charge on any atom is -0.397 e. The van der Waals surface area contributed by atoms with Gasteiger partial charge in [0.15, 0.2) is 0 Å². The van der Waals surface area contributed by atoms with Gasteiger partial charge in [-0.05, 0) is 50.4 Å². The molecule has 0 heterocycles. The molecule has 1 aliphatic rings. The van der Waals surface area contributed by atoms with E-state index in [9.17, 15) is 13.5 Å². The molecule has 1 aliphatic carbocycles. The van der Waals surface area contributed by atoms with Crippen LogP contribution < -0.4 is 15.8 Å². The van der Waals surface area contributed by atoms with Gasteiger partial charge in [-0.15, -0.1) is 0 Å². The minimum atomic E-state index is -3.47. The van der Waals surface area contributed by atoms with E-state index in [1.165, 1.54) is 19.2 Å². The molecule has 1 aromatic rings. The van der Waals surface area contributed by atoms with Crippen molar-refractivity contribution in [2.24, 2.45) is 5.92 Å². The van der Waals surface area contributed by atoms with E-state index in [1.807, 2.05) is 0 Å². The first kappa shape index (κ1) is 15.1. The Kier molecular flexibility index (Phi) is 4.52. The highest BCUT2D eigenvalue weighted by Gasteiger charge is 2.22. The average Bonchev–Trinajstić information content (AvgIpc) is 2.83. The fourth-order valence-corrected chi connectivity index (χ4v) is 3.24. The number of hydrogen-bond acceptors (Lipinski definition) is 5. The van der Waals surface area contributed by atoms with E-state index in [1.54, 1.807) is 6.07 Å². The van der Waals surface area contributed by atoms with E-state index in [0.717, 1.165) is 31.5 Å². The highest BCUT2D eigenvalue weighted by molar-refractivity contribution is 7.89. The number of aliphatic hydroxyl groups excluding tert-OH is 1. The lowest BCUT2D eigenvalue weighted by Crippen LogP contribution is -2.19. The SMILES string of the molecule is CNS(=O)(=O)c1ccc(NCC2CCC(O)C2)c(N)c1. The molecule has 1 saturated carbocycles. The molecule has 0 radical (unpaired) electrons. The number of benzene rings is 1. The second-order valence-corrected chi connectivity index (χ2v) is 7.06. The summed E-state index contributed by atoms with van der Waals surface area (Å²) >= 11 is 0. The van der Waals surface area contributed by atoms with Crippen LogP contribution in [0.4, 0.5) is 11.4 Å². The minimum absolute atomic E-state index is 0.152. The fraction of sp³-hybridized carbons (Fsp3) is 0.538. The van der Waals surface area contributed by atoms with Crippen molar-refractivity contribution in [3.8, 4) is 0 Å². The van der Waals surface area contributed by atoms with E-state index in [-0.39, 0.29) is 11.0 Å².